The molecule has 0 heterocycles. The number of carbonyl (C=O) groups excluding carboxylic acids is 1. The molecule has 3 rings (SSSR count). The highest BCUT2D eigenvalue weighted by atomic mass is 16.5. The first kappa shape index (κ1) is 16.0. The molecule has 0 aliphatic heterocycles. The number of carboxylic acid groups (broad SMARTS) is 1. The lowest BCUT2D eigenvalue weighted by Gasteiger charge is -2.27. The van der Waals surface area contributed by atoms with Crippen LogP contribution in [0.25, 0.3) is 11.1 Å². The molecule has 2 aromatic carbocycles. The summed E-state index contributed by atoms with van der Waals surface area (Å²) in [4.78, 5) is 24.0. The average molecular weight is 322 g/mol. The van der Waals surface area contributed by atoms with E-state index in [1.807, 2.05) is 36.4 Å². The molecule has 4 nitrogen and oxygen atoms in total. The van der Waals surface area contributed by atoms with Gasteiger partial charge in [-0.2, -0.15) is 0 Å². The summed E-state index contributed by atoms with van der Waals surface area (Å²) in [6, 6.07) is 13.5. The third kappa shape index (κ3) is 2.31. The molecule has 1 aliphatic carbocycles. The number of ether oxygens (including phenoxy) is 1. The predicted octanol–water partition coefficient (Wildman–Crippen LogP) is 3.63. The fourth-order valence-electron chi connectivity index (χ4n) is 3.17. The van der Waals surface area contributed by atoms with E-state index in [0.717, 1.165) is 28.3 Å². The summed E-state index contributed by atoms with van der Waals surface area (Å²) in [6.07, 6.45) is 1.68. The lowest BCUT2D eigenvalue weighted by atomic mass is 9.94. The molecule has 1 atom stereocenters. The van der Waals surface area contributed by atoms with Crippen molar-refractivity contribution in [3.63, 3.8) is 0 Å². The van der Waals surface area contributed by atoms with Crippen molar-refractivity contribution in [2.75, 3.05) is 0 Å². The Labute approximate surface area is 140 Å². The molecule has 1 N–H and O–H groups in total. The molecule has 24 heavy (non-hydrogen) atoms. The third-order valence-corrected chi connectivity index (χ3v) is 4.52. The first-order chi connectivity index (χ1) is 11.5. The van der Waals surface area contributed by atoms with Crippen molar-refractivity contribution in [3.05, 3.63) is 66.2 Å². The number of aliphatic carboxylic acids is 1. The van der Waals surface area contributed by atoms with Gasteiger partial charge in [-0.3, -0.25) is 4.79 Å². The molecule has 0 bridgehead atoms. The van der Waals surface area contributed by atoms with E-state index in [2.05, 4.69) is 6.58 Å². The van der Waals surface area contributed by atoms with Gasteiger partial charge in [-0.25, -0.2) is 4.79 Å². The molecule has 0 amide bonds. The van der Waals surface area contributed by atoms with E-state index in [4.69, 9.17) is 4.74 Å². The average Bonchev–Trinajstić information content (AvgIpc) is 2.98. The van der Waals surface area contributed by atoms with Crippen LogP contribution in [0.3, 0.4) is 0 Å². The van der Waals surface area contributed by atoms with Crippen LogP contribution in [0.2, 0.25) is 0 Å². The maximum Gasteiger partial charge on any atom is 0.356 e. The number of benzene rings is 2. The first-order valence-electron chi connectivity index (χ1n) is 7.83. The maximum atomic E-state index is 12.2. The number of ketones is 1. The minimum absolute atomic E-state index is 0.0177. The maximum absolute atomic E-state index is 12.2. The second-order valence-electron chi connectivity index (χ2n) is 5.77. The van der Waals surface area contributed by atoms with Crippen LogP contribution in [-0.2, 0) is 16.0 Å². The zero-order chi connectivity index (χ0) is 17.3. The fraction of sp³-hybridized carbons (Fsp3) is 0.200. The monoisotopic (exact) mass is 322 g/mol. The Morgan fingerprint density at radius 1 is 1.21 bits per heavy atom. The van der Waals surface area contributed by atoms with Gasteiger partial charge in [0.05, 0.1) is 0 Å². The lowest BCUT2D eigenvalue weighted by Crippen LogP contribution is -2.50. The summed E-state index contributed by atoms with van der Waals surface area (Å²) in [5.41, 5.74) is 2.27. The molecule has 1 unspecified atom stereocenters. The van der Waals surface area contributed by atoms with Crippen LogP contribution in [0.5, 0.6) is 5.75 Å². The van der Waals surface area contributed by atoms with Gasteiger partial charge in [0.2, 0.25) is 5.78 Å². The van der Waals surface area contributed by atoms with Gasteiger partial charge in [0, 0.05) is 18.4 Å². The van der Waals surface area contributed by atoms with Crippen LogP contribution in [0.1, 0.15) is 24.5 Å². The lowest BCUT2D eigenvalue weighted by molar-refractivity contribution is -0.160. The molecule has 0 radical (unpaired) electrons. The minimum atomic E-state index is -1.94. The third-order valence-electron chi connectivity index (χ3n) is 4.52. The smallest absolute Gasteiger partial charge is 0.356 e. The number of hydrogen-bond acceptors (Lipinski definition) is 3. The number of hydrogen-bond donors (Lipinski definition) is 1. The van der Waals surface area contributed by atoms with Crippen molar-refractivity contribution < 1.29 is 19.4 Å². The predicted molar refractivity (Wildman–Crippen MR) is 91.2 cm³/mol. The Morgan fingerprint density at radius 2 is 1.92 bits per heavy atom. The molecule has 0 fully saturated rings. The number of fused-ring (bicyclic) bond motifs is 3. The quantitative estimate of drug-likeness (QED) is 0.556. The van der Waals surface area contributed by atoms with E-state index in [0.29, 0.717) is 12.2 Å². The molecule has 0 saturated heterocycles. The Balaban J connectivity index is 2.08. The summed E-state index contributed by atoms with van der Waals surface area (Å²) in [5.74, 6) is -1.52. The van der Waals surface area contributed by atoms with Crippen LogP contribution in [0.4, 0.5) is 0 Å². The van der Waals surface area contributed by atoms with E-state index in [-0.39, 0.29) is 6.42 Å². The van der Waals surface area contributed by atoms with Crippen LogP contribution in [0, 0.1) is 0 Å². The molecule has 4 heteroatoms. The standard InChI is InChI=1S/C20H18O4/c1-3-18(21)20(4-2,19(22)23)24-17-11-7-10-15-14-9-6-5-8-13(14)12-16(15)17/h3,5-11H,1,4,12H2,2H3,(H,22,23). The highest BCUT2D eigenvalue weighted by Gasteiger charge is 2.46. The Hall–Kier alpha value is -2.88. The van der Waals surface area contributed by atoms with Crippen molar-refractivity contribution in [3.8, 4) is 16.9 Å². The molecule has 0 aromatic heterocycles. The molecule has 0 saturated carbocycles. The van der Waals surface area contributed by atoms with Crippen molar-refractivity contribution in [1.82, 2.24) is 0 Å². The van der Waals surface area contributed by atoms with Crippen LogP contribution < -0.4 is 4.74 Å². The summed E-state index contributed by atoms with van der Waals surface area (Å²) in [7, 11) is 0. The topological polar surface area (TPSA) is 63.6 Å². The van der Waals surface area contributed by atoms with Crippen LogP contribution >= 0.6 is 0 Å². The van der Waals surface area contributed by atoms with Gasteiger partial charge in [0.15, 0.2) is 0 Å². The van der Waals surface area contributed by atoms with Crippen molar-refractivity contribution in [2.45, 2.75) is 25.4 Å². The van der Waals surface area contributed by atoms with Crippen molar-refractivity contribution >= 4 is 11.8 Å². The zero-order valence-corrected chi connectivity index (χ0v) is 13.4. The molecular weight excluding hydrogens is 304 g/mol. The summed E-state index contributed by atoms with van der Waals surface area (Å²) in [5, 5.41) is 9.62. The Bertz CT molecular complexity index is 837. The second-order valence-corrected chi connectivity index (χ2v) is 5.77. The van der Waals surface area contributed by atoms with Gasteiger partial charge in [0.25, 0.3) is 5.60 Å². The first-order valence-corrected chi connectivity index (χ1v) is 7.83. The molecular formula is C20H18O4. The largest absolute Gasteiger partial charge is 0.478 e. The molecule has 2 aromatic rings. The van der Waals surface area contributed by atoms with E-state index in [9.17, 15) is 14.7 Å². The summed E-state index contributed by atoms with van der Waals surface area (Å²) in [6.45, 7) is 5.03. The molecule has 1 aliphatic rings. The fourth-order valence-corrected chi connectivity index (χ4v) is 3.17. The normalized spacial score (nSPS) is 14.2. The zero-order valence-electron chi connectivity index (χ0n) is 13.4. The van der Waals surface area contributed by atoms with E-state index >= 15 is 0 Å². The van der Waals surface area contributed by atoms with Crippen molar-refractivity contribution in [2.24, 2.45) is 0 Å². The van der Waals surface area contributed by atoms with Crippen LogP contribution in [0.15, 0.2) is 55.1 Å². The summed E-state index contributed by atoms with van der Waals surface area (Å²) >= 11 is 0. The van der Waals surface area contributed by atoms with Gasteiger partial charge in [-0.1, -0.05) is 49.9 Å². The SMILES string of the molecule is C=CC(=O)C(CC)(Oc1cccc2c1Cc1ccccc1-2)C(=O)O. The number of carbonyl (C=O) groups is 2. The second kappa shape index (κ2) is 5.96. The van der Waals surface area contributed by atoms with Gasteiger partial charge in [-0.15, -0.1) is 0 Å². The highest BCUT2D eigenvalue weighted by molar-refractivity contribution is 6.12. The van der Waals surface area contributed by atoms with Gasteiger partial charge < -0.3 is 9.84 Å². The summed E-state index contributed by atoms with van der Waals surface area (Å²) < 4.78 is 5.82. The van der Waals surface area contributed by atoms with E-state index < -0.39 is 17.4 Å². The van der Waals surface area contributed by atoms with Crippen molar-refractivity contribution in [1.29, 1.82) is 0 Å². The number of carboxylic acids is 1. The molecule has 0 spiro atoms. The van der Waals surface area contributed by atoms with Gasteiger partial charge in [0.1, 0.15) is 5.75 Å². The highest BCUT2D eigenvalue weighted by Crippen LogP contribution is 2.42. The molecule has 122 valence electrons. The Morgan fingerprint density at radius 3 is 2.58 bits per heavy atom. The van der Waals surface area contributed by atoms with Crippen LogP contribution in [-0.4, -0.2) is 22.5 Å². The van der Waals surface area contributed by atoms with E-state index in [1.165, 1.54) is 0 Å². The van der Waals surface area contributed by atoms with Gasteiger partial charge >= 0.3 is 5.97 Å². The Kier molecular flexibility index (Phi) is 3.97. The minimum Gasteiger partial charge on any atom is -0.478 e. The number of rotatable bonds is 6. The van der Waals surface area contributed by atoms with E-state index in [1.54, 1.807) is 13.0 Å². The van der Waals surface area contributed by atoms with Gasteiger partial charge in [-0.05, 0) is 28.8 Å².